The Bertz CT molecular complexity index is 716. The number of carbonyl (C=O) groups is 1. The predicted octanol–water partition coefficient (Wildman–Crippen LogP) is 3.10. The number of amides is 1. The molecule has 0 fully saturated rings. The van der Waals surface area contributed by atoms with E-state index in [4.69, 9.17) is 14.2 Å². The minimum Gasteiger partial charge on any atom is -0.496 e. The number of halogens is 1. The summed E-state index contributed by atoms with van der Waals surface area (Å²) in [6, 6.07) is 9.64. The number of benzene rings is 2. The van der Waals surface area contributed by atoms with Crippen molar-refractivity contribution in [1.82, 2.24) is 5.32 Å². The van der Waals surface area contributed by atoms with Crippen molar-refractivity contribution in [2.75, 3.05) is 21.3 Å². The van der Waals surface area contributed by atoms with Crippen LogP contribution >= 0.6 is 0 Å². The Morgan fingerprint density at radius 1 is 0.960 bits per heavy atom. The molecule has 0 aliphatic heterocycles. The van der Waals surface area contributed by atoms with Crippen molar-refractivity contribution in [2.45, 2.75) is 19.4 Å². The Morgan fingerprint density at radius 2 is 1.56 bits per heavy atom. The summed E-state index contributed by atoms with van der Waals surface area (Å²) in [5.41, 5.74) is 1.70. The van der Waals surface area contributed by atoms with Gasteiger partial charge in [0.1, 0.15) is 11.6 Å². The van der Waals surface area contributed by atoms with Gasteiger partial charge in [0.15, 0.2) is 11.5 Å². The third-order valence-corrected chi connectivity index (χ3v) is 3.82. The molecule has 0 aromatic heterocycles. The van der Waals surface area contributed by atoms with Gasteiger partial charge in [0.25, 0.3) is 0 Å². The van der Waals surface area contributed by atoms with Gasteiger partial charge >= 0.3 is 0 Å². The van der Waals surface area contributed by atoms with Crippen molar-refractivity contribution >= 4 is 5.91 Å². The summed E-state index contributed by atoms with van der Waals surface area (Å²) in [4.78, 5) is 12.1. The van der Waals surface area contributed by atoms with Gasteiger partial charge in [0, 0.05) is 24.6 Å². The predicted molar refractivity (Wildman–Crippen MR) is 92.7 cm³/mol. The Hall–Kier alpha value is -2.76. The zero-order valence-corrected chi connectivity index (χ0v) is 14.6. The molecule has 0 atom stereocenters. The second-order valence-corrected chi connectivity index (χ2v) is 5.42. The van der Waals surface area contributed by atoms with Gasteiger partial charge in [-0.2, -0.15) is 0 Å². The lowest BCUT2D eigenvalue weighted by molar-refractivity contribution is -0.121. The van der Waals surface area contributed by atoms with Crippen molar-refractivity contribution in [2.24, 2.45) is 0 Å². The molecule has 25 heavy (non-hydrogen) atoms. The molecule has 0 heterocycles. The molecule has 6 heteroatoms. The van der Waals surface area contributed by atoms with Crippen LogP contribution in [0.1, 0.15) is 17.5 Å². The molecule has 2 aromatic rings. The first-order valence-electron chi connectivity index (χ1n) is 7.87. The molecular formula is C19H22FNO4. The first-order chi connectivity index (χ1) is 12.1. The number of ether oxygens (including phenoxy) is 3. The van der Waals surface area contributed by atoms with Crippen molar-refractivity contribution in [3.8, 4) is 17.2 Å². The highest BCUT2D eigenvalue weighted by molar-refractivity contribution is 5.76. The van der Waals surface area contributed by atoms with Crippen LogP contribution in [0.2, 0.25) is 0 Å². The SMILES string of the molecule is COc1cc(OC)c(OC)cc1CNC(=O)CCc1ccc(F)cc1. The number of nitrogens with one attached hydrogen (secondary N) is 1. The highest BCUT2D eigenvalue weighted by Crippen LogP contribution is 2.34. The fraction of sp³-hybridized carbons (Fsp3) is 0.316. The Morgan fingerprint density at radius 3 is 2.16 bits per heavy atom. The molecule has 0 spiro atoms. The molecule has 0 radical (unpaired) electrons. The van der Waals surface area contributed by atoms with E-state index in [1.165, 1.54) is 12.1 Å². The van der Waals surface area contributed by atoms with Gasteiger partial charge in [-0.3, -0.25) is 4.79 Å². The molecular weight excluding hydrogens is 325 g/mol. The van der Waals surface area contributed by atoms with Gasteiger partial charge in [-0.05, 0) is 30.2 Å². The monoisotopic (exact) mass is 347 g/mol. The van der Waals surface area contributed by atoms with E-state index in [9.17, 15) is 9.18 Å². The number of methoxy groups -OCH3 is 3. The molecule has 1 N–H and O–H groups in total. The maximum atomic E-state index is 12.9. The molecule has 0 saturated heterocycles. The quantitative estimate of drug-likeness (QED) is 0.797. The Labute approximate surface area is 146 Å². The molecule has 5 nitrogen and oxygen atoms in total. The van der Waals surface area contributed by atoms with Gasteiger partial charge in [-0.25, -0.2) is 4.39 Å². The smallest absolute Gasteiger partial charge is 0.220 e. The Kier molecular flexibility index (Phi) is 6.62. The van der Waals surface area contributed by atoms with E-state index in [0.717, 1.165) is 11.1 Å². The maximum Gasteiger partial charge on any atom is 0.220 e. The molecule has 2 rings (SSSR count). The van der Waals surface area contributed by atoms with Crippen LogP contribution in [0.3, 0.4) is 0 Å². The maximum absolute atomic E-state index is 12.9. The second-order valence-electron chi connectivity index (χ2n) is 5.42. The summed E-state index contributed by atoms with van der Waals surface area (Å²) in [5, 5.41) is 2.85. The van der Waals surface area contributed by atoms with Crippen LogP contribution in [0.5, 0.6) is 17.2 Å². The number of rotatable bonds is 8. The van der Waals surface area contributed by atoms with Crippen molar-refractivity contribution < 1.29 is 23.4 Å². The van der Waals surface area contributed by atoms with Gasteiger partial charge in [0.2, 0.25) is 5.91 Å². The van der Waals surface area contributed by atoms with Crippen LogP contribution in [-0.2, 0) is 17.8 Å². The normalized spacial score (nSPS) is 10.2. The first-order valence-corrected chi connectivity index (χ1v) is 7.87. The fourth-order valence-electron chi connectivity index (χ4n) is 2.42. The largest absolute Gasteiger partial charge is 0.496 e. The lowest BCUT2D eigenvalue weighted by Gasteiger charge is -2.14. The molecule has 0 bridgehead atoms. The first kappa shape index (κ1) is 18.6. The van der Waals surface area contributed by atoms with Crippen LogP contribution in [0.15, 0.2) is 36.4 Å². The average Bonchev–Trinajstić information content (AvgIpc) is 2.65. The summed E-state index contributed by atoms with van der Waals surface area (Å²) in [7, 11) is 4.66. The molecule has 0 aliphatic rings. The fourth-order valence-corrected chi connectivity index (χ4v) is 2.42. The van der Waals surface area contributed by atoms with E-state index < -0.39 is 0 Å². The van der Waals surface area contributed by atoms with Crippen LogP contribution < -0.4 is 19.5 Å². The van der Waals surface area contributed by atoms with E-state index >= 15 is 0 Å². The molecule has 1 amide bonds. The summed E-state index contributed by atoms with van der Waals surface area (Å²) in [6.45, 7) is 0.311. The van der Waals surface area contributed by atoms with E-state index in [2.05, 4.69) is 5.32 Å². The van der Waals surface area contributed by atoms with Gasteiger partial charge in [-0.15, -0.1) is 0 Å². The van der Waals surface area contributed by atoms with E-state index in [1.807, 2.05) is 0 Å². The van der Waals surface area contributed by atoms with Crippen molar-refractivity contribution in [3.63, 3.8) is 0 Å². The third kappa shape index (κ3) is 5.11. The molecule has 0 unspecified atom stereocenters. The topological polar surface area (TPSA) is 56.8 Å². The Balaban J connectivity index is 1.95. The van der Waals surface area contributed by atoms with Gasteiger partial charge < -0.3 is 19.5 Å². The molecule has 0 aliphatic carbocycles. The van der Waals surface area contributed by atoms with Crippen LogP contribution in [-0.4, -0.2) is 27.2 Å². The van der Waals surface area contributed by atoms with Gasteiger partial charge in [-0.1, -0.05) is 12.1 Å². The summed E-state index contributed by atoms with van der Waals surface area (Å²) < 4.78 is 28.7. The van der Waals surface area contributed by atoms with Crippen molar-refractivity contribution in [3.05, 3.63) is 53.3 Å². The highest BCUT2D eigenvalue weighted by atomic mass is 19.1. The third-order valence-electron chi connectivity index (χ3n) is 3.82. The lowest BCUT2D eigenvalue weighted by Crippen LogP contribution is -2.23. The summed E-state index contributed by atoms with van der Waals surface area (Å²) in [5.74, 6) is 1.36. The van der Waals surface area contributed by atoms with E-state index in [-0.39, 0.29) is 11.7 Å². The van der Waals surface area contributed by atoms with E-state index in [0.29, 0.717) is 36.6 Å². The minimum absolute atomic E-state index is 0.0961. The second kappa shape index (κ2) is 8.92. The van der Waals surface area contributed by atoms with Crippen LogP contribution in [0.25, 0.3) is 0 Å². The minimum atomic E-state index is -0.284. The number of aryl methyl sites for hydroxylation is 1. The summed E-state index contributed by atoms with van der Waals surface area (Å²) >= 11 is 0. The number of carbonyl (C=O) groups excluding carboxylic acids is 1. The average molecular weight is 347 g/mol. The molecule has 2 aromatic carbocycles. The lowest BCUT2D eigenvalue weighted by atomic mass is 10.1. The van der Waals surface area contributed by atoms with Crippen LogP contribution in [0, 0.1) is 5.82 Å². The van der Waals surface area contributed by atoms with Crippen LogP contribution in [0.4, 0.5) is 4.39 Å². The van der Waals surface area contributed by atoms with Crippen molar-refractivity contribution in [1.29, 1.82) is 0 Å². The zero-order valence-electron chi connectivity index (χ0n) is 14.6. The highest BCUT2D eigenvalue weighted by Gasteiger charge is 2.12. The van der Waals surface area contributed by atoms with E-state index in [1.54, 1.807) is 45.6 Å². The molecule has 0 saturated carbocycles. The standard InChI is InChI=1S/C19H22FNO4/c1-23-16-11-18(25-3)17(24-2)10-14(16)12-21-19(22)9-6-13-4-7-15(20)8-5-13/h4-5,7-8,10-11H,6,9,12H2,1-3H3,(H,21,22). The zero-order chi connectivity index (χ0) is 18.2. The summed E-state index contributed by atoms with van der Waals surface area (Å²) in [6.07, 6.45) is 0.871. The number of hydrogen-bond donors (Lipinski definition) is 1. The number of hydrogen-bond acceptors (Lipinski definition) is 4. The molecule has 134 valence electrons. The van der Waals surface area contributed by atoms with Gasteiger partial charge in [0.05, 0.1) is 21.3 Å².